The molecule has 236 valence electrons. The molecule has 0 heterocycles. The minimum absolute atomic E-state index is 0.433. The predicted molar refractivity (Wildman–Crippen MR) is 153 cm³/mol. The van der Waals surface area contributed by atoms with E-state index in [9.17, 15) is 0 Å². The number of hydrogen-bond acceptors (Lipinski definition) is 10. The van der Waals surface area contributed by atoms with Crippen molar-refractivity contribution in [2.75, 3.05) is 53.9 Å². The van der Waals surface area contributed by atoms with Gasteiger partial charge in [0.05, 0.1) is 0 Å². The minimum atomic E-state index is -4.67. The molecule has 0 unspecified atom stereocenters. The van der Waals surface area contributed by atoms with Crippen LogP contribution in [-0.2, 0) is 57.3 Å². The molecule has 0 bridgehead atoms. The van der Waals surface area contributed by atoms with E-state index >= 15 is 0 Å². The van der Waals surface area contributed by atoms with E-state index in [0.717, 1.165) is 77.0 Å². The monoisotopic (exact) mass is 636 g/mol. The van der Waals surface area contributed by atoms with Gasteiger partial charge < -0.3 is 0 Å². The summed E-state index contributed by atoms with van der Waals surface area (Å²) in [7, 11) is -4.45. The Morgan fingerprint density at radius 3 is 0.744 bits per heavy atom. The average Bonchev–Trinajstić information content (AvgIpc) is 2.93. The third-order valence-electron chi connectivity index (χ3n) is 5.66. The second-order valence-corrected chi connectivity index (χ2v) is 18.2. The van der Waals surface area contributed by atoms with Gasteiger partial charge in [-0.15, -0.1) is 0 Å². The molecule has 0 aliphatic carbocycles. The number of unbranched alkanes of at least 4 members (excludes halogenated alkanes) is 6. The molecule has 0 saturated carbocycles. The van der Waals surface area contributed by atoms with Gasteiger partial charge >= 0.3 is 248 Å². The predicted octanol–water partition coefficient (Wildman–Crippen LogP) is 6.90. The molecule has 0 fully saturated rings. The van der Waals surface area contributed by atoms with Crippen LogP contribution in [0, 0.1) is 0 Å². The fourth-order valence-electron chi connectivity index (χ4n) is 3.05. The van der Waals surface area contributed by atoms with Crippen molar-refractivity contribution < 1.29 is 57.3 Å². The molecule has 10 nitrogen and oxygen atoms in total. The van der Waals surface area contributed by atoms with Gasteiger partial charge in [0.25, 0.3) is 0 Å². The van der Waals surface area contributed by atoms with Crippen LogP contribution < -0.4 is 0 Å². The Balaban J connectivity index is 6.37. The van der Waals surface area contributed by atoms with Crippen molar-refractivity contribution in [2.24, 2.45) is 0 Å². The molecule has 0 aromatic heterocycles. The Morgan fingerprint density at radius 2 is 0.590 bits per heavy atom. The van der Waals surface area contributed by atoms with E-state index in [1.54, 1.807) is 0 Å². The number of hydrogen-bond donors (Lipinski definition) is 0. The topological polar surface area (TPSA) is 92.3 Å². The van der Waals surface area contributed by atoms with Crippen molar-refractivity contribution in [3.05, 3.63) is 0 Å². The van der Waals surface area contributed by atoms with Gasteiger partial charge in [0.2, 0.25) is 0 Å². The molecular formula is C26H60O10Si2Ti. The fourth-order valence-corrected chi connectivity index (χ4v) is 14.3. The first kappa shape index (κ1) is 39.7. The van der Waals surface area contributed by atoms with Gasteiger partial charge in [0.1, 0.15) is 0 Å². The Labute approximate surface area is 247 Å². The third-order valence-corrected chi connectivity index (χ3v) is 16.3. The molecule has 0 N–H and O–H groups in total. The van der Waals surface area contributed by atoms with Gasteiger partial charge in [0.15, 0.2) is 0 Å². The summed E-state index contributed by atoms with van der Waals surface area (Å²) < 4.78 is 63.0. The summed E-state index contributed by atoms with van der Waals surface area (Å²) in [6, 6.07) is 0. The molecule has 0 aromatic carbocycles. The maximum absolute atomic E-state index is 6.63. The molecule has 39 heavy (non-hydrogen) atoms. The van der Waals surface area contributed by atoms with Crippen LogP contribution in [0.1, 0.15) is 119 Å². The first-order chi connectivity index (χ1) is 18.9. The molecular weight excluding hydrogens is 576 g/mol. The SMILES string of the molecule is CCCCO[Si](OCCCC)(OCCCC)[O][Ti]([O]C)([O]C)[O][Si](OCCCC)(OCCCC)OCCCC. The van der Waals surface area contributed by atoms with E-state index < -0.39 is 36.2 Å². The van der Waals surface area contributed by atoms with E-state index in [1.807, 2.05) is 0 Å². The summed E-state index contributed by atoms with van der Waals surface area (Å²) in [5.74, 6) is 0. The van der Waals surface area contributed by atoms with Gasteiger partial charge in [-0.25, -0.2) is 0 Å². The van der Waals surface area contributed by atoms with Crippen molar-refractivity contribution >= 4 is 18.1 Å². The van der Waals surface area contributed by atoms with Crippen LogP contribution in [0.5, 0.6) is 0 Å². The van der Waals surface area contributed by atoms with Crippen LogP contribution in [0.25, 0.3) is 0 Å². The van der Waals surface area contributed by atoms with Crippen LogP contribution in [-0.4, -0.2) is 72.0 Å². The quantitative estimate of drug-likeness (QED) is 0.0613. The summed E-state index contributed by atoms with van der Waals surface area (Å²) in [5, 5.41) is 0. The zero-order valence-corrected chi connectivity index (χ0v) is 29.9. The summed E-state index contributed by atoms with van der Waals surface area (Å²) >= 11 is -4.67. The number of rotatable bonds is 30. The van der Waals surface area contributed by atoms with Crippen LogP contribution in [0.3, 0.4) is 0 Å². The van der Waals surface area contributed by atoms with Gasteiger partial charge in [-0.2, -0.15) is 0 Å². The molecule has 0 saturated heterocycles. The van der Waals surface area contributed by atoms with E-state index in [4.69, 9.17) is 39.2 Å². The second kappa shape index (κ2) is 25.3. The summed E-state index contributed by atoms with van der Waals surface area (Å²) in [6.07, 6.45) is 10.8. The standard InChI is InChI=1S/2C12H27O4Si.2CH3O.Ti/c2*1-4-7-10-14-17(13,15-11-8-5-2)16-12-9-6-3;2*1-2;/h2*4-12H2,1-3H3;2*1H3;/q4*-1;+4. The van der Waals surface area contributed by atoms with Crippen LogP contribution in [0.2, 0.25) is 0 Å². The first-order valence-electron chi connectivity index (χ1n) is 15.2. The Hall–Kier alpha value is 0.748. The zero-order chi connectivity index (χ0) is 29.3. The van der Waals surface area contributed by atoms with Crippen LogP contribution >= 0.6 is 0 Å². The maximum atomic E-state index is 6.63. The van der Waals surface area contributed by atoms with Crippen LogP contribution in [0.4, 0.5) is 0 Å². The van der Waals surface area contributed by atoms with Gasteiger partial charge in [0, 0.05) is 0 Å². The van der Waals surface area contributed by atoms with Gasteiger partial charge in [-0.3, -0.25) is 0 Å². The Kier molecular flexibility index (Phi) is 25.7. The van der Waals surface area contributed by atoms with Crippen molar-refractivity contribution in [3.8, 4) is 0 Å². The van der Waals surface area contributed by atoms with Crippen molar-refractivity contribution in [2.45, 2.75) is 119 Å². The molecule has 0 amide bonds. The molecule has 0 rings (SSSR count). The molecule has 13 heteroatoms. The molecule has 0 spiro atoms. The third kappa shape index (κ3) is 17.5. The molecule has 0 atom stereocenters. The van der Waals surface area contributed by atoms with Crippen molar-refractivity contribution in [3.63, 3.8) is 0 Å². The first-order valence-corrected chi connectivity index (χ1v) is 21.1. The van der Waals surface area contributed by atoms with E-state index in [0.29, 0.717) is 39.6 Å². The van der Waals surface area contributed by atoms with E-state index in [2.05, 4.69) is 41.5 Å². The van der Waals surface area contributed by atoms with E-state index in [-0.39, 0.29) is 0 Å². The van der Waals surface area contributed by atoms with E-state index in [1.165, 1.54) is 14.2 Å². The normalized spacial score (nSPS) is 12.9. The van der Waals surface area contributed by atoms with Gasteiger partial charge in [-0.1, -0.05) is 0 Å². The summed E-state index contributed by atoms with van der Waals surface area (Å²) in [6.45, 7) is 15.2. The molecule has 0 aliphatic rings. The van der Waals surface area contributed by atoms with Crippen molar-refractivity contribution in [1.82, 2.24) is 0 Å². The van der Waals surface area contributed by atoms with Crippen molar-refractivity contribution in [1.29, 1.82) is 0 Å². The Morgan fingerprint density at radius 1 is 0.385 bits per heavy atom. The molecule has 0 aromatic rings. The fraction of sp³-hybridized carbons (Fsp3) is 1.00. The second-order valence-electron chi connectivity index (χ2n) is 9.32. The zero-order valence-electron chi connectivity index (χ0n) is 26.3. The average molecular weight is 637 g/mol. The Bertz CT molecular complexity index is 452. The molecule has 0 aliphatic heterocycles. The van der Waals surface area contributed by atoms with Gasteiger partial charge in [-0.05, 0) is 0 Å². The van der Waals surface area contributed by atoms with Crippen LogP contribution in [0.15, 0.2) is 0 Å². The summed E-state index contributed by atoms with van der Waals surface area (Å²) in [4.78, 5) is 0. The molecule has 0 radical (unpaired) electrons. The summed E-state index contributed by atoms with van der Waals surface area (Å²) in [5.41, 5.74) is 0.